The number of halogens is 2. The van der Waals surface area contributed by atoms with E-state index < -0.39 is 27.9 Å². The number of aryl methyl sites for hydroxylation is 1. The van der Waals surface area contributed by atoms with Crippen molar-refractivity contribution in [3.63, 3.8) is 0 Å². The fourth-order valence-corrected chi connectivity index (χ4v) is 1.80. The van der Waals surface area contributed by atoms with Crippen LogP contribution in [0.2, 0.25) is 0 Å². The quantitative estimate of drug-likeness (QED) is 0.674. The Labute approximate surface area is 113 Å². The van der Waals surface area contributed by atoms with Gasteiger partial charge in [0.2, 0.25) is 0 Å². The Morgan fingerprint density at radius 3 is 2.80 bits per heavy atom. The third kappa shape index (κ3) is 2.73. The van der Waals surface area contributed by atoms with Crippen molar-refractivity contribution in [3.8, 4) is 0 Å². The smallest absolute Gasteiger partial charge is 0.295 e. The zero-order valence-electron chi connectivity index (χ0n) is 10.6. The van der Waals surface area contributed by atoms with Crippen LogP contribution in [-0.2, 0) is 13.5 Å². The maximum Gasteiger partial charge on any atom is 0.295 e. The molecule has 1 aromatic carbocycles. The summed E-state index contributed by atoms with van der Waals surface area (Å²) in [5.74, 6) is -1.65. The van der Waals surface area contributed by atoms with Gasteiger partial charge < -0.3 is 9.88 Å². The predicted octanol–water partition coefficient (Wildman–Crippen LogP) is 2.26. The van der Waals surface area contributed by atoms with Gasteiger partial charge in [-0.3, -0.25) is 10.1 Å². The molecule has 0 saturated heterocycles. The van der Waals surface area contributed by atoms with E-state index in [9.17, 15) is 18.9 Å². The lowest BCUT2D eigenvalue weighted by atomic mass is 10.2. The zero-order valence-corrected chi connectivity index (χ0v) is 10.6. The minimum atomic E-state index is -1.25. The Morgan fingerprint density at radius 2 is 2.20 bits per heavy atom. The van der Waals surface area contributed by atoms with E-state index >= 15 is 0 Å². The van der Waals surface area contributed by atoms with Gasteiger partial charge in [0.15, 0.2) is 17.3 Å². The summed E-state index contributed by atoms with van der Waals surface area (Å²) in [6.45, 7) is 0.200. The highest BCUT2D eigenvalue weighted by Crippen LogP contribution is 2.28. The molecule has 0 fully saturated rings. The highest BCUT2D eigenvalue weighted by atomic mass is 19.2. The molecule has 0 aliphatic heterocycles. The van der Waals surface area contributed by atoms with Crippen LogP contribution in [0.15, 0.2) is 24.5 Å². The van der Waals surface area contributed by atoms with Crippen LogP contribution in [0.4, 0.5) is 20.2 Å². The average Bonchev–Trinajstić information content (AvgIpc) is 2.80. The van der Waals surface area contributed by atoms with Gasteiger partial charge in [0.25, 0.3) is 5.69 Å². The number of hydrogen-bond acceptors (Lipinski definition) is 4. The average molecular weight is 282 g/mol. The van der Waals surface area contributed by atoms with Crippen molar-refractivity contribution in [2.24, 2.45) is 7.05 Å². The highest BCUT2D eigenvalue weighted by molar-refractivity contribution is 5.62. The second-order valence-corrected chi connectivity index (χ2v) is 4.14. The SMILES string of the molecule is Cn1ccnc1CCNc1c([N+](=O)[O-])ccc(F)c1F. The predicted molar refractivity (Wildman–Crippen MR) is 68.4 cm³/mol. The van der Waals surface area contributed by atoms with Crippen LogP contribution in [0, 0.1) is 21.7 Å². The van der Waals surface area contributed by atoms with Crippen molar-refractivity contribution >= 4 is 11.4 Å². The van der Waals surface area contributed by atoms with E-state index in [1.54, 1.807) is 24.0 Å². The molecule has 2 rings (SSSR count). The van der Waals surface area contributed by atoms with Gasteiger partial charge in [-0.15, -0.1) is 0 Å². The summed E-state index contributed by atoms with van der Waals surface area (Å²) in [4.78, 5) is 14.1. The molecule has 2 aromatic rings. The molecule has 0 atom stereocenters. The molecule has 106 valence electrons. The van der Waals surface area contributed by atoms with Crippen LogP contribution in [-0.4, -0.2) is 21.0 Å². The largest absolute Gasteiger partial charge is 0.377 e. The van der Waals surface area contributed by atoms with Gasteiger partial charge in [0.1, 0.15) is 5.82 Å². The summed E-state index contributed by atoms with van der Waals surface area (Å²) in [6.07, 6.45) is 3.79. The number of anilines is 1. The number of rotatable bonds is 5. The monoisotopic (exact) mass is 282 g/mol. The van der Waals surface area contributed by atoms with Crippen molar-refractivity contribution in [1.82, 2.24) is 9.55 Å². The first-order chi connectivity index (χ1) is 9.50. The molecule has 1 aromatic heterocycles. The Bertz CT molecular complexity index is 642. The van der Waals surface area contributed by atoms with Crippen molar-refractivity contribution in [3.05, 3.63) is 52.1 Å². The van der Waals surface area contributed by atoms with Crippen LogP contribution < -0.4 is 5.32 Å². The van der Waals surface area contributed by atoms with E-state index in [0.717, 1.165) is 18.0 Å². The molecule has 20 heavy (non-hydrogen) atoms. The number of aromatic nitrogens is 2. The van der Waals surface area contributed by atoms with Crippen molar-refractivity contribution in [2.75, 3.05) is 11.9 Å². The van der Waals surface area contributed by atoms with Crippen LogP contribution in [0.5, 0.6) is 0 Å². The van der Waals surface area contributed by atoms with Gasteiger partial charge in [0.05, 0.1) is 4.92 Å². The Hall–Kier alpha value is -2.51. The van der Waals surface area contributed by atoms with Gasteiger partial charge >= 0.3 is 0 Å². The molecule has 8 heteroatoms. The van der Waals surface area contributed by atoms with E-state index in [2.05, 4.69) is 10.3 Å². The lowest BCUT2D eigenvalue weighted by molar-refractivity contribution is -0.384. The molecule has 0 radical (unpaired) electrons. The van der Waals surface area contributed by atoms with Gasteiger partial charge in [-0.1, -0.05) is 0 Å². The van der Waals surface area contributed by atoms with Crippen LogP contribution in [0.3, 0.4) is 0 Å². The summed E-state index contributed by atoms with van der Waals surface area (Å²) in [7, 11) is 1.80. The minimum absolute atomic E-state index is 0.200. The maximum absolute atomic E-state index is 13.6. The molecule has 0 unspecified atom stereocenters. The molecule has 1 N–H and O–H groups in total. The first-order valence-corrected chi connectivity index (χ1v) is 5.83. The molecular formula is C12H12F2N4O2. The Morgan fingerprint density at radius 1 is 1.45 bits per heavy atom. The lowest BCUT2D eigenvalue weighted by Crippen LogP contribution is -2.11. The second-order valence-electron chi connectivity index (χ2n) is 4.14. The van der Waals surface area contributed by atoms with Crippen LogP contribution >= 0.6 is 0 Å². The number of benzene rings is 1. The maximum atomic E-state index is 13.6. The molecular weight excluding hydrogens is 270 g/mol. The minimum Gasteiger partial charge on any atom is -0.377 e. The van der Waals surface area contributed by atoms with Gasteiger partial charge in [-0.05, 0) is 6.07 Å². The number of nitro benzene ring substituents is 1. The normalized spacial score (nSPS) is 10.6. The fraction of sp³-hybridized carbons (Fsp3) is 0.250. The number of hydrogen-bond donors (Lipinski definition) is 1. The fourth-order valence-electron chi connectivity index (χ4n) is 1.80. The molecule has 0 bridgehead atoms. The molecule has 0 saturated carbocycles. The van der Waals surface area contributed by atoms with Crippen LogP contribution in [0.1, 0.15) is 5.82 Å². The van der Waals surface area contributed by atoms with E-state index in [1.165, 1.54) is 0 Å². The Balaban J connectivity index is 2.14. The molecule has 0 aliphatic rings. The van der Waals surface area contributed by atoms with Gasteiger partial charge in [-0.25, -0.2) is 13.8 Å². The lowest BCUT2D eigenvalue weighted by Gasteiger charge is -2.08. The summed E-state index contributed by atoms with van der Waals surface area (Å²) in [6, 6.07) is 1.67. The summed E-state index contributed by atoms with van der Waals surface area (Å²) in [5, 5.41) is 13.4. The number of nitrogens with one attached hydrogen (secondary N) is 1. The van der Waals surface area contributed by atoms with E-state index in [-0.39, 0.29) is 6.54 Å². The molecule has 0 amide bonds. The molecule has 6 nitrogen and oxygen atoms in total. The summed E-state index contributed by atoms with van der Waals surface area (Å²) >= 11 is 0. The zero-order chi connectivity index (χ0) is 14.7. The number of nitro groups is 1. The van der Waals surface area contributed by atoms with Crippen molar-refractivity contribution in [1.29, 1.82) is 0 Å². The van der Waals surface area contributed by atoms with Crippen molar-refractivity contribution < 1.29 is 13.7 Å². The second kappa shape index (κ2) is 5.64. The van der Waals surface area contributed by atoms with Gasteiger partial charge in [0, 0.05) is 38.5 Å². The van der Waals surface area contributed by atoms with E-state index in [1.807, 2.05) is 0 Å². The highest BCUT2D eigenvalue weighted by Gasteiger charge is 2.21. The van der Waals surface area contributed by atoms with Crippen LogP contribution in [0.25, 0.3) is 0 Å². The summed E-state index contributed by atoms with van der Waals surface area (Å²) in [5.41, 5.74) is -0.937. The Kier molecular flexibility index (Phi) is 3.92. The standard InChI is InChI=1S/C12H12F2N4O2/c1-17-7-6-15-10(17)4-5-16-12-9(18(19)20)3-2-8(13)11(12)14/h2-3,6-7,16H,4-5H2,1H3. The first kappa shape index (κ1) is 13.9. The first-order valence-electron chi connectivity index (χ1n) is 5.83. The third-order valence-corrected chi connectivity index (χ3v) is 2.84. The van der Waals surface area contributed by atoms with Crippen molar-refractivity contribution in [2.45, 2.75) is 6.42 Å². The number of nitrogens with zero attached hydrogens (tertiary/aromatic N) is 3. The van der Waals surface area contributed by atoms with E-state index in [0.29, 0.717) is 6.42 Å². The third-order valence-electron chi connectivity index (χ3n) is 2.84. The molecule has 0 aliphatic carbocycles. The number of imidazole rings is 1. The summed E-state index contributed by atoms with van der Waals surface area (Å²) < 4.78 is 28.5. The topological polar surface area (TPSA) is 73.0 Å². The van der Waals surface area contributed by atoms with Gasteiger partial charge in [-0.2, -0.15) is 0 Å². The molecule has 1 heterocycles. The molecule has 0 spiro atoms. The van der Waals surface area contributed by atoms with E-state index in [4.69, 9.17) is 0 Å².